The third kappa shape index (κ3) is 4.52. The number of amides is 1. The van der Waals surface area contributed by atoms with Crippen LogP contribution in [0.1, 0.15) is 38.2 Å². The average molecular weight is 260 g/mol. The van der Waals surface area contributed by atoms with Crippen LogP contribution in [0, 0.1) is 11.8 Å². The number of allylic oxidation sites excluding steroid dienone is 1. The SMILES string of the molecule is C=CCC(c1ccccc1)C(CC(C)C)C(=O)NN. The molecule has 0 radical (unpaired) electrons. The molecule has 0 fully saturated rings. The highest BCUT2D eigenvalue weighted by atomic mass is 16.2. The molecule has 0 aliphatic heterocycles. The van der Waals surface area contributed by atoms with Gasteiger partial charge >= 0.3 is 0 Å². The molecule has 0 spiro atoms. The first-order valence-electron chi connectivity index (χ1n) is 6.76. The summed E-state index contributed by atoms with van der Waals surface area (Å²) in [5.74, 6) is 5.69. The van der Waals surface area contributed by atoms with Crippen molar-refractivity contribution in [3.8, 4) is 0 Å². The molecule has 0 bridgehead atoms. The zero-order valence-corrected chi connectivity index (χ0v) is 11.8. The van der Waals surface area contributed by atoms with Gasteiger partial charge in [0.25, 0.3) is 0 Å². The molecule has 0 aromatic heterocycles. The van der Waals surface area contributed by atoms with Crippen LogP contribution in [0.3, 0.4) is 0 Å². The molecule has 1 amide bonds. The Labute approximate surface area is 115 Å². The van der Waals surface area contributed by atoms with Crippen LogP contribution in [0.4, 0.5) is 0 Å². The monoisotopic (exact) mass is 260 g/mol. The van der Waals surface area contributed by atoms with Gasteiger partial charge in [0.05, 0.1) is 0 Å². The van der Waals surface area contributed by atoms with Gasteiger partial charge in [0, 0.05) is 5.92 Å². The van der Waals surface area contributed by atoms with E-state index in [0.717, 1.165) is 18.4 Å². The molecule has 1 rings (SSSR count). The van der Waals surface area contributed by atoms with Gasteiger partial charge in [-0.05, 0) is 30.2 Å². The normalized spacial score (nSPS) is 13.9. The number of nitrogens with one attached hydrogen (secondary N) is 1. The summed E-state index contributed by atoms with van der Waals surface area (Å²) in [6.07, 6.45) is 3.46. The van der Waals surface area contributed by atoms with Gasteiger partial charge in [-0.2, -0.15) is 0 Å². The van der Waals surface area contributed by atoms with Crippen LogP contribution >= 0.6 is 0 Å². The lowest BCUT2D eigenvalue weighted by atomic mass is 9.79. The molecule has 19 heavy (non-hydrogen) atoms. The van der Waals surface area contributed by atoms with Crippen LogP contribution in [-0.2, 0) is 4.79 Å². The van der Waals surface area contributed by atoms with E-state index in [1.165, 1.54) is 0 Å². The number of nitrogens with two attached hydrogens (primary N) is 1. The lowest BCUT2D eigenvalue weighted by Crippen LogP contribution is -2.39. The molecule has 1 aromatic rings. The first kappa shape index (κ1) is 15.4. The first-order chi connectivity index (χ1) is 9.10. The van der Waals surface area contributed by atoms with Gasteiger partial charge in [0.1, 0.15) is 0 Å². The van der Waals surface area contributed by atoms with Crippen LogP contribution in [0.5, 0.6) is 0 Å². The van der Waals surface area contributed by atoms with Gasteiger partial charge in [-0.3, -0.25) is 10.2 Å². The van der Waals surface area contributed by atoms with Crippen molar-refractivity contribution in [2.24, 2.45) is 17.7 Å². The van der Waals surface area contributed by atoms with Crippen molar-refractivity contribution < 1.29 is 4.79 Å². The van der Waals surface area contributed by atoms with Gasteiger partial charge in [0.2, 0.25) is 5.91 Å². The van der Waals surface area contributed by atoms with Crippen molar-refractivity contribution in [1.29, 1.82) is 0 Å². The second-order valence-corrected chi connectivity index (χ2v) is 5.29. The van der Waals surface area contributed by atoms with Crippen molar-refractivity contribution in [3.63, 3.8) is 0 Å². The molecule has 0 saturated carbocycles. The summed E-state index contributed by atoms with van der Waals surface area (Å²) in [6, 6.07) is 10.1. The zero-order valence-electron chi connectivity index (χ0n) is 11.8. The number of hydrogen-bond donors (Lipinski definition) is 2. The minimum atomic E-state index is -0.120. The second-order valence-electron chi connectivity index (χ2n) is 5.29. The summed E-state index contributed by atoms with van der Waals surface area (Å²) < 4.78 is 0. The Balaban J connectivity index is 3.04. The van der Waals surface area contributed by atoms with E-state index in [-0.39, 0.29) is 17.7 Å². The Morgan fingerprint density at radius 2 is 2.00 bits per heavy atom. The van der Waals surface area contributed by atoms with Crippen LogP contribution in [0.15, 0.2) is 43.0 Å². The number of carbonyl (C=O) groups is 1. The van der Waals surface area contributed by atoms with Crippen LogP contribution < -0.4 is 11.3 Å². The Kier molecular flexibility index (Phi) is 6.30. The van der Waals surface area contributed by atoms with E-state index in [1.54, 1.807) is 0 Å². The van der Waals surface area contributed by atoms with E-state index >= 15 is 0 Å². The molecule has 0 aliphatic carbocycles. The standard InChI is InChI=1S/C16H24N2O/c1-4-8-14(13-9-6-5-7-10-13)15(11-12(2)3)16(19)18-17/h4-7,9-10,12,14-15H,1,8,11,17H2,2-3H3,(H,18,19). The van der Waals surface area contributed by atoms with Crippen LogP contribution in [0.2, 0.25) is 0 Å². The van der Waals surface area contributed by atoms with Gasteiger partial charge in [-0.1, -0.05) is 50.3 Å². The topological polar surface area (TPSA) is 55.1 Å². The van der Waals surface area contributed by atoms with E-state index in [9.17, 15) is 4.79 Å². The molecule has 0 heterocycles. The molecule has 0 saturated heterocycles. The summed E-state index contributed by atoms with van der Waals surface area (Å²) in [4.78, 5) is 12.1. The highest BCUT2D eigenvalue weighted by Gasteiger charge is 2.28. The molecule has 0 aliphatic rings. The van der Waals surface area contributed by atoms with Crippen molar-refractivity contribution in [2.75, 3.05) is 0 Å². The third-order valence-corrected chi connectivity index (χ3v) is 3.34. The number of rotatable bonds is 7. The number of carbonyl (C=O) groups excluding carboxylic acids is 1. The first-order valence-corrected chi connectivity index (χ1v) is 6.76. The Morgan fingerprint density at radius 3 is 2.47 bits per heavy atom. The van der Waals surface area contributed by atoms with Crippen molar-refractivity contribution in [1.82, 2.24) is 5.43 Å². The van der Waals surface area contributed by atoms with E-state index in [0.29, 0.717) is 5.92 Å². The van der Waals surface area contributed by atoms with Gasteiger partial charge in [-0.25, -0.2) is 5.84 Å². The van der Waals surface area contributed by atoms with Crippen molar-refractivity contribution >= 4 is 5.91 Å². The molecular weight excluding hydrogens is 236 g/mol. The highest BCUT2D eigenvalue weighted by Crippen LogP contribution is 2.33. The lowest BCUT2D eigenvalue weighted by molar-refractivity contribution is -0.126. The molecular formula is C16H24N2O. The van der Waals surface area contributed by atoms with E-state index in [4.69, 9.17) is 5.84 Å². The average Bonchev–Trinajstić information content (AvgIpc) is 2.42. The van der Waals surface area contributed by atoms with Gasteiger partial charge in [0.15, 0.2) is 0 Å². The fourth-order valence-electron chi connectivity index (χ4n) is 2.48. The van der Waals surface area contributed by atoms with Crippen molar-refractivity contribution in [2.45, 2.75) is 32.6 Å². The van der Waals surface area contributed by atoms with Crippen LogP contribution in [0.25, 0.3) is 0 Å². The third-order valence-electron chi connectivity index (χ3n) is 3.34. The molecule has 2 unspecified atom stereocenters. The number of hydrazine groups is 1. The fraction of sp³-hybridized carbons (Fsp3) is 0.438. The van der Waals surface area contributed by atoms with E-state index < -0.39 is 0 Å². The molecule has 1 aromatic carbocycles. The number of benzene rings is 1. The minimum absolute atomic E-state index is 0.0931. The summed E-state index contributed by atoms with van der Waals surface area (Å²) in [5.41, 5.74) is 3.47. The van der Waals surface area contributed by atoms with E-state index in [2.05, 4.69) is 38.0 Å². The Hall–Kier alpha value is -1.61. The quantitative estimate of drug-likeness (QED) is 0.343. The second kappa shape index (κ2) is 7.74. The number of hydrogen-bond acceptors (Lipinski definition) is 2. The predicted octanol–water partition coefficient (Wildman–Crippen LogP) is 3.00. The maximum absolute atomic E-state index is 12.1. The highest BCUT2D eigenvalue weighted by molar-refractivity contribution is 5.79. The maximum Gasteiger partial charge on any atom is 0.237 e. The van der Waals surface area contributed by atoms with Crippen molar-refractivity contribution in [3.05, 3.63) is 48.6 Å². The summed E-state index contributed by atoms with van der Waals surface area (Å²) in [7, 11) is 0. The fourth-order valence-corrected chi connectivity index (χ4v) is 2.48. The molecule has 3 N–H and O–H groups in total. The molecule has 2 atom stereocenters. The van der Waals surface area contributed by atoms with Gasteiger partial charge < -0.3 is 0 Å². The summed E-state index contributed by atoms with van der Waals surface area (Å²) >= 11 is 0. The van der Waals surface area contributed by atoms with E-state index in [1.807, 2.05) is 24.3 Å². The largest absolute Gasteiger partial charge is 0.294 e. The molecule has 3 heteroatoms. The summed E-state index contributed by atoms with van der Waals surface area (Å²) in [6.45, 7) is 8.05. The van der Waals surface area contributed by atoms with Crippen LogP contribution in [-0.4, -0.2) is 5.91 Å². The smallest absolute Gasteiger partial charge is 0.237 e. The summed E-state index contributed by atoms with van der Waals surface area (Å²) in [5, 5.41) is 0. The molecule has 3 nitrogen and oxygen atoms in total. The van der Waals surface area contributed by atoms with Gasteiger partial charge in [-0.15, -0.1) is 6.58 Å². The minimum Gasteiger partial charge on any atom is -0.294 e. The predicted molar refractivity (Wildman–Crippen MR) is 79.3 cm³/mol. The Bertz CT molecular complexity index is 400. The molecule has 104 valence electrons. The lowest BCUT2D eigenvalue weighted by Gasteiger charge is -2.26. The maximum atomic E-state index is 12.1. The zero-order chi connectivity index (χ0) is 14.3. The Morgan fingerprint density at radius 1 is 1.37 bits per heavy atom.